The molecule has 3 N–H and O–H groups in total. The summed E-state index contributed by atoms with van der Waals surface area (Å²) in [7, 11) is 0. The summed E-state index contributed by atoms with van der Waals surface area (Å²) in [5.41, 5.74) is 11.5. The highest BCUT2D eigenvalue weighted by atomic mass is 16.6. The molecule has 0 bridgehead atoms. The second-order valence-electron chi connectivity index (χ2n) is 8.88. The lowest BCUT2D eigenvalue weighted by Gasteiger charge is -2.26. The van der Waals surface area contributed by atoms with Crippen LogP contribution in [0.15, 0.2) is 72.8 Å². The third-order valence-electron chi connectivity index (χ3n) is 6.43. The SMILES string of the molecule is NCCCC[C@@H](C(=O)O)N(C(=O)OCc1ccccc1)C(=O)OCc1cccc2c1Cc1ccccc1-2. The zero-order chi connectivity index (χ0) is 26.2. The number of rotatable bonds is 10. The first kappa shape index (κ1) is 25.9. The highest BCUT2D eigenvalue weighted by molar-refractivity contribution is 5.93. The number of imide groups is 1. The number of carbonyl (C=O) groups is 3. The van der Waals surface area contributed by atoms with Crippen molar-refractivity contribution in [3.8, 4) is 11.1 Å². The Morgan fingerprint density at radius 2 is 1.51 bits per heavy atom. The number of ether oxygens (including phenoxy) is 2. The second kappa shape index (κ2) is 12.2. The van der Waals surface area contributed by atoms with E-state index in [-0.39, 0.29) is 19.6 Å². The van der Waals surface area contributed by atoms with Crippen LogP contribution < -0.4 is 5.73 Å². The molecule has 2 amide bonds. The van der Waals surface area contributed by atoms with E-state index in [0.29, 0.717) is 36.3 Å². The van der Waals surface area contributed by atoms with Gasteiger partial charge < -0.3 is 20.3 Å². The van der Waals surface area contributed by atoms with Gasteiger partial charge in [0.15, 0.2) is 0 Å². The van der Waals surface area contributed by atoms with E-state index in [0.717, 1.165) is 22.3 Å². The number of hydrogen-bond acceptors (Lipinski definition) is 6. The summed E-state index contributed by atoms with van der Waals surface area (Å²) < 4.78 is 10.8. The van der Waals surface area contributed by atoms with Crippen molar-refractivity contribution in [1.82, 2.24) is 4.90 Å². The molecule has 3 aromatic rings. The van der Waals surface area contributed by atoms with Gasteiger partial charge in [-0.15, -0.1) is 0 Å². The number of benzene rings is 3. The molecule has 37 heavy (non-hydrogen) atoms. The predicted octanol–water partition coefficient (Wildman–Crippen LogP) is 5.12. The Balaban J connectivity index is 1.51. The van der Waals surface area contributed by atoms with E-state index in [4.69, 9.17) is 15.2 Å². The fraction of sp³-hybridized carbons (Fsp3) is 0.276. The van der Waals surface area contributed by atoms with Crippen LogP contribution in [0.4, 0.5) is 9.59 Å². The van der Waals surface area contributed by atoms with E-state index in [2.05, 4.69) is 12.1 Å². The molecule has 1 aliphatic carbocycles. The van der Waals surface area contributed by atoms with Gasteiger partial charge in [0.05, 0.1) is 0 Å². The van der Waals surface area contributed by atoms with Crippen molar-refractivity contribution < 1.29 is 29.0 Å². The Bertz CT molecular complexity index is 1260. The van der Waals surface area contributed by atoms with Crippen molar-refractivity contribution in [3.05, 3.63) is 95.1 Å². The lowest BCUT2D eigenvalue weighted by Crippen LogP contribution is -2.49. The molecule has 0 fully saturated rings. The Kier molecular flexibility index (Phi) is 8.53. The number of amides is 2. The minimum Gasteiger partial charge on any atom is -0.480 e. The van der Waals surface area contributed by atoms with Gasteiger partial charge in [-0.2, -0.15) is 4.90 Å². The number of hydrogen-bond donors (Lipinski definition) is 2. The number of aliphatic carboxylic acids is 1. The summed E-state index contributed by atoms with van der Waals surface area (Å²) in [6, 6.07) is 21.4. The summed E-state index contributed by atoms with van der Waals surface area (Å²) >= 11 is 0. The predicted molar refractivity (Wildman–Crippen MR) is 138 cm³/mol. The van der Waals surface area contributed by atoms with Gasteiger partial charge in [0.25, 0.3) is 0 Å². The van der Waals surface area contributed by atoms with Crippen LogP contribution >= 0.6 is 0 Å². The van der Waals surface area contributed by atoms with E-state index in [9.17, 15) is 19.5 Å². The smallest absolute Gasteiger partial charge is 0.420 e. The average molecular weight is 503 g/mol. The van der Waals surface area contributed by atoms with Crippen LogP contribution in [0.5, 0.6) is 0 Å². The third-order valence-corrected chi connectivity index (χ3v) is 6.43. The van der Waals surface area contributed by atoms with Gasteiger partial charge in [0, 0.05) is 0 Å². The molecular formula is C29H30N2O6. The Hall–Kier alpha value is -4.17. The summed E-state index contributed by atoms with van der Waals surface area (Å²) in [5.74, 6) is -1.32. The average Bonchev–Trinajstić information content (AvgIpc) is 3.30. The molecule has 1 aliphatic rings. The monoisotopic (exact) mass is 502 g/mol. The minimum atomic E-state index is -1.44. The van der Waals surface area contributed by atoms with Crippen LogP contribution in [0.2, 0.25) is 0 Å². The second-order valence-corrected chi connectivity index (χ2v) is 8.88. The van der Waals surface area contributed by atoms with Gasteiger partial charge in [-0.05, 0) is 65.6 Å². The third kappa shape index (κ3) is 6.16. The standard InChI is InChI=1S/C29H30N2O6/c30-16-7-6-15-26(27(32)33)31(28(34)36-18-20-9-2-1-3-10-20)29(35)37-19-22-12-8-14-24-23-13-5-4-11-21(23)17-25(22)24/h1-5,8-14,26H,6-7,15-19,30H2,(H,32,33)/t26-/m0/s1. The molecule has 0 radical (unpaired) electrons. The molecule has 0 heterocycles. The number of carbonyl (C=O) groups excluding carboxylic acids is 2. The lowest BCUT2D eigenvalue weighted by atomic mass is 10.0. The number of nitrogens with zero attached hydrogens (tertiary/aromatic N) is 1. The van der Waals surface area contributed by atoms with Crippen molar-refractivity contribution in [1.29, 1.82) is 0 Å². The molecule has 4 rings (SSSR count). The Labute approximate surface area is 215 Å². The molecule has 8 heteroatoms. The van der Waals surface area contributed by atoms with Crippen LogP contribution in [0.25, 0.3) is 11.1 Å². The zero-order valence-electron chi connectivity index (χ0n) is 20.5. The fourth-order valence-corrected chi connectivity index (χ4v) is 4.53. The number of fused-ring (bicyclic) bond motifs is 3. The fourth-order valence-electron chi connectivity index (χ4n) is 4.53. The molecule has 0 spiro atoms. The van der Waals surface area contributed by atoms with E-state index in [1.54, 1.807) is 24.3 Å². The molecule has 0 saturated heterocycles. The lowest BCUT2D eigenvalue weighted by molar-refractivity contribution is -0.142. The van der Waals surface area contributed by atoms with E-state index >= 15 is 0 Å². The molecule has 1 atom stereocenters. The number of nitrogens with two attached hydrogens (primary N) is 1. The first-order valence-corrected chi connectivity index (χ1v) is 12.3. The van der Waals surface area contributed by atoms with Crippen LogP contribution in [0.1, 0.15) is 41.5 Å². The van der Waals surface area contributed by atoms with Gasteiger partial charge in [0.2, 0.25) is 0 Å². The molecule has 3 aromatic carbocycles. The van der Waals surface area contributed by atoms with Gasteiger partial charge >= 0.3 is 18.2 Å². The molecule has 0 unspecified atom stereocenters. The van der Waals surface area contributed by atoms with Crippen molar-refractivity contribution in [2.24, 2.45) is 5.73 Å². The molecule has 8 nitrogen and oxygen atoms in total. The first-order valence-electron chi connectivity index (χ1n) is 12.3. The van der Waals surface area contributed by atoms with E-state index in [1.807, 2.05) is 36.4 Å². The maximum atomic E-state index is 13.2. The van der Waals surface area contributed by atoms with Crippen molar-refractivity contribution >= 4 is 18.2 Å². The minimum absolute atomic E-state index is 0.0398. The van der Waals surface area contributed by atoms with Crippen molar-refractivity contribution in [3.63, 3.8) is 0 Å². The highest BCUT2D eigenvalue weighted by Crippen LogP contribution is 2.38. The molecule has 0 aromatic heterocycles. The normalized spacial score (nSPS) is 12.2. The molecule has 0 saturated carbocycles. The molecular weight excluding hydrogens is 472 g/mol. The Morgan fingerprint density at radius 3 is 2.24 bits per heavy atom. The summed E-state index contributed by atoms with van der Waals surface area (Å²) in [5, 5.41) is 9.85. The molecule has 192 valence electrons. The largest absolute Gasteiger partial charge is 0.480 e. The number of carboxylic acids is 1. The highest BCUT2D eigenvalue weighted by Gasteiger charge is 2.37. The van der Waals surface area contributed by atoms with Gasteiger partial charge in [-0.25, -0.2) is 14.4 Å². The van der Waals surface area contributed by atoms with Gasteiger partial charge in [-0.1, -0.05) is 72.8 Å². The quantitative estimate of drug-likeness (QED) is 0.289. The summed E-state index contributed by atoms with van der Waals surface area (Å²) in [6.07, 6.45) is -0.404. The first-order chi connectivity index (χ1) is 18.0. The van der Waals surface area contributed by atoms with Crippen LogP contribution in [-0.4, -0.2) is 40.7 Å². The van der Waals surface area contributed by atoms with Gasteiger partial charge in [-0.3, -0.25) is 0 Å². The number of carboxylic acid groups (broad SMARTS) is 1. The van der Waals surface area contributed by atoms with Gasteiger partial charge in [0.1, 0.15) is 19.3 Å². The molecule has 0 aliphatic heterocycles. The maximum absolute atomic E-state index is 13.2. The number of unbranched alkanes of at least 4 members (excludes halogenated alkanes) is 1. The van der Waals surface area contributed by atoms with Crippen LogP contribution in [-0.2, 0) is 33.9 Å². The summed E-state index contributed by atoms with van der Waals surface area (Å²) in [6.45, 7) is 0.160. The van der Waals surface area contributed by atoms with E-state index < -0.39 is 24.2 Å². The topological polar surface area (TPSA) is 119 Å². The van der Waals surface area contributed by atoms with Crippen LogP contribution in [0, 0.1) is 0 Å². The van der Waals surface area contributed by atoms with Crippen molar-refractivity contribution in [2.45, 2.75) is 44.9 Å². The maximum Gasteiger partial charge on any atom is 0.420 e. The Morgan fingerprint density at radius 1 is 0.838 bits per heavy atom. The van der Waals surface area contributed by atoms with E-state index in [1.165, 1.54) is 5.56 Å². The van der Waals surface area contributed by atoms with Crippen LogP contribution in [0.3, 0.4) is 0 Å². The van der Waals surface area contributed by atoms with Crippen molar-refractivity contribution in [2.75, 3.05) is 6.54 Å². The zero-order valence-corrected chi connectivity index (χ0v) is 20.5. The summed E-state index contributed by atoms with van der Waals surface area (Å²) in [4.78, 5) is 38.8.